The fourth-order valence-electron chi connectivity index (χ4n) is 6.88. The summed E-state index contributed by atoms with van der Waals surface area (Å²) in [6.07, 6.45) is 8.67. The van der Waals surface area contributed by atoms with Gasteiger partial charge in [-0.05, 0) is 52.9 Å². The van der Waals surface area contributed by atoms with Gasteiger partial charge in [0.1, 0.15) is 0 Å². The third-order valence-corrected chi connectivity index (χ3v) is 9.05. The number of hydrogen-bond acceptors (Lipinski definition) is 2. The zero-order valence-corrected chi connectivity index (χ0v) is 27.6. The van der Waals surface area contributed by atoms with Crippen molar-refractivity contribution in [2.45, 2.75) is 63.8 Å². The van der Waals surface area contributed by atoms with Crippen molar-refractivity contribution in [2.24, 2.45) is 0 Å². The third-order valence-electron chi connectivity index (χ3n) is 9.05. The summed E-state index contributed by atoms with van der Waals surface area (Å²) < 4.78 is 2.64. The van der Waals surface area contributed by atoms with Gasteiger partial charge in [0.25, 0.3) is 0 Å². The zero-order valence-electron chi connectivity index (χ0n) is 25.2. The van der Waals surface area contributed by atoms with E-state index in [1.807, 2.05) is 49.6 Å². The van der Waals surface area contributed by atoms with E-state index < -0.39 is 0 Å². The Morgan fingerprint density at radius 2 is 1.70 bits per heavy atom. The Balaban J connectivity index is 0.000000199. The summed E-state index contributed by atoms with van der Waals surface area (Å²) in [6.45, 7) is 8.87. The van der Waals surface area contributed by atoms with E-state index in [2.05, 4.69) is 103 Å². The Bertz CT molecular complexity index is 1870. The molecule has 219 valence electrons. The fraction of sp³-hybridized carbons (Fsp3) is 0.256. The van der Waals surface area contributed by atoms with Crippen molar-refractivity contribution >= 4 is 21.8 Å². The number of aryl methyl sites for hydroxylation is 1. The summed E-state index contributed by atoms with van der Waals surface area (Å²) in [4.78, 5) is 9.11. The molecule has 3 unspecified atom stereocenters. The molecule has 0 bridgehead atoms. The molecule has 0 amide bonds. The molecule has 3 aromatic heterocycles. The fourth-order valence-corrected chi connectivity index (χ4v) is 6.88. The molecule has 4 heterocycles. The number of para-hydroxylation sites is 2. The first kappa shape index (κ1) is 29.5. The smallest absolute Gasteiger partial charge is 0.0529 e. The monoisotopic (exact) mass is 740 g/mol. The van der Waals surface area contributed by atoms with Crippen molar-refractivity contribution in [3.05, 3.63) is 138 Å². The number of nitrogens with zero attached hydrogens (tertiary/aromatic N) is 3. The molecule has 1 saturated carbocycles. The van der Waals surface area contributed by atoms with Crippen LogP contribution in [0.5, 0.6) is 0 Å². The number of benzene rings is 3. The summed E-state index contributed by atoms with van der Waals surface area (Å²) in [7, 11) is 0. The van der Waals surface area contributed by atoms with Crippen LogP contribution in [0.3, 0.4) is 0 Å². The third kappa shape index (κ3) is 5.48. The van der Waals surface area contributed by atoms with Crippen LogP contribution in [0.2, 0.25) is 0 Å². The van der Waals surface area contributed by atoms with Crippen molar-refractivity contribution in [1.82, 2.24) is 14.5 Å². The molecule has 0 spiro atoms. The zero-order chi connectivity index (χ0) is 28.8. The molecule has 3 atom stereocenters. The van der Waals surface area contributed by atoms with Crippen LogP contribution in [-0.4, -0.2) is 14.5 Å². The SMILES string of the molecule is CC(C)(C)c1ccnc(C2[CH-]CC3C(C2)c2cccc4c5ccccc5n3c24)c1.Cc1ccc(-c2[c-]cccc2)nc1.[Ir]. The Hall–Kier alpha value is -3.59. The average molecular weight is 740 g/mol. The van der Waals surface area contributed by atoms with Crippen LogP contribution in [-0.2, 0) is 25.5 Å². The second-order valence-electron chi connectivity index (χ2n) is 12.8. The van der Waals surface area contributed by atoms with Gasteiger partial charge < -0.3 is 16.0 Å². The summed E-state index contributed by atoms with van der Waals surface area (Å²) in [6, 6.07) is 35.9. The average Bonchev–Trinajstić information content (AvgIpc) is 3.54. The van der Waals surface area contributed by atoms with E-state index in [1.165, 1.54) is 44.2 Å². The molecule has 1 aliphatic carbocycles. The van der Waals surface area contributed by atoms with Gasteiger partial charge >= 0.3 is 0 Å². The predicted octanol–water partition coefficient (Wildman–Crippen LogP) is 9.76. The standard InChI is InChI=1S/C27H27N2.C12H10N.Ir/c1-27(2,3)18-13-14-28-23(16-18)17-11-12-25-22(15-17)21-9-6-8-20-19-7-4-5-10-24(19)29(25)26(20)21;1-10-7-8-12(13-9-10)11-5-3-2-4-6-11;/h4-11,13-14,16-17,22,25H,12,15H2,1-3H3;2-5,7-9H,1H3;/q2*-1;. The van der Waals surface area contributed by atoms with Crippen LogP contribution in [0.1, 0.15) is 73.9 Å². The van der Waals surface area contributed by atoms with Crippen molar-refractivity contribution in [3.63, 3.8) is 0 Å². The second-order valence-corrected chi connectivity index (χ2v) is 12.8. The molecule has 3 nitrogen and oxygen atoms in total. The van der Waals surface area contributed by atoms with Gasteiger partial charge in [-0.15, -0.1) is 41.8 Å². The van der Waals surface area contributed by atoms with Crippen molar-refractivity contribution in [1.29, 1.82) is 0 Å². The molecule has 4 heteroatoms. The Labute approximate surface area is 268 Å². The van der Waals surface area contributed by atoms with E-state index in [0.717, 1.165) is 24.1 Å². The Kier molecular flexibility index (Phi) is 8.11. The van der Waals surface area contributed by atoms with Gasteiger partial charge in [0.05, 0.1) is 5.52 Å². The van der Waals surface area contributed by atoms with E-state index in [-0.39, 0.29) is 25.5 Å². The maximum atomic E-state index is 4.79. The molecule has 6 aromatic rings. The van der Waals surface area contributed by atoms with Gasteiger partial charge in [-0.2, -0.15) is 6.42 Å². The molecule has 8 rings (SSSR count). The van der Waals surface area contributed by atoms with E-state index in [9.17, 15) is 0 Å². The Morgan fingerprint density at radius 1 is 0.884 bits per heavy atom. The maximum absolute atomic E-state index is 4.79. The minimum Gasteiger partial charge on any atom is -0.339 e. The van der Waals surface area contributed by atoms with Gasteiger partial charge in [0.2, 0.25) is 0 Å². The van der Waals surface area contributed by atoms with Crippen LogP contribution in [0.15, 0.2) is 103 Å². The van der Waals surface area contributed by atoms with Crippen molar-refractivity contribution in [3.8, 4) is 11.3 Å². The van der Waals surface area contributed by atoms with Gasteiger partial charge in [-0.25, -0.2) is 0 Å². The molecule has 3 aromatic carbocycles. The van der Waals surface area contributed by atoms with Gasteiger partial charge in [0, 0.05) is 66.4 Å². The minimum absolute atomic E-state index is 0. The number of rotatable bonds is 2. The number of aromatic nitrogens is 3. The van der Waals surface area contributed by atoms with E-state index in [0.29, 0.717) is 17.9 Å². The molecule has 2 aliphatic rings. The molecule has 1 aliphatic heterocycles. The van der Waals surface area contributed by atoms with E-state index in [4.69, 9.17) is 4.98 Å². The maximum Gasteiger partial charge on any atom is 0.0529 e. The number of hydrogen-bond donors (Lipinski definition) is 0. The number of pyridine rings is 2. The summed E-state index contributed by atoms with van der Waals surface area (Å²) in [5.41, 5.74) is 10.4. The van der Waals surface area contributed by atoms with Gasteiger partial charge in [-0.1, -0.05) is 75.7 Å². The van der Waals surface area contributed by atoms with Crippen LogP contribution < -0.4 is 0 Å². The van der Waals surface area contributed by atoms with E-state index in [1.54, 1.807) is 0 Å². The molecular weight excluding hydrogens is 703 g/mol. The van der Waals surface area contributed by atoms with Crippen LogP contribution in [0.4, 0.5) is 0 Å². The summed E-state index contributed by atoms with van der Waals surface area (Å²) in [5.74, 6) is 1.01. The first-order chi connectivity index (χ1) is 20.4. The molecule has 1 fully saturated rings. The molecular formula is C39H37IrN3-2. The van der Waals surface area contributed by atoms with Crippen molar-refractivity contribution < 1.29 is 20.1 Å². The topological polar surface area (TPSA) is 30.7 Å². The van der Waals surface area contributed by atoms with Crippen LogP contribution >= 0.6 is 0 Å². The minimum atomic E-state index is 0. The predicted molar refractivity (Wildman–Crippen MR) is 174 cm³/mol. The Morgan fingerprint density at radius 3 is 2.47 bits per heavy atom. The molecule has 1 radical (unpaired) electrons. The van der Waals surface area contributed by atoms with Gasteiger partial charge in [0.15, 0.2) is 0 Å². The normalized spacial score (nSPS) is 18.9. The first-order valence-corrected chi connectivity index (χ1v) is 15.1. The van der Waals surface area contributed by atoms with Gasteiger partial charge in [-0.3, -0.25) is 4.98 Å². The van der Waals surface area contributed by atoms with E-state index >= 15 is 0 Å². The molecule has 0 N–H and O–H groups in total. The quantitative estimate of drug-likeness (QED) is 0.166. The molecule has 43 heavy (non-hydrogen) atoms. The summed E-state index contributed by atoms with van der Waals surface area (Å²) in [5, 5.41) is 2.81. The van der Waals surface area contributed by atoms with Crippen molar-refractivity contribution in [2.75, 3.05) is 0 Å². The van der Waals surface area contributed by atoms with Crippen LogP contribution in [0, 0.1) is 19.4 Å². The van der Waals surface area contributed by atoms with Crippen LogP contribution in [0.25, 0.3) is 33.1 Å². The molecule has 0 saturated heterocycles. The largest absolute Gasteiger partial charge is 0.339 e. The number of fused-ring (bicyclic) bond motifs is 6. The first-order valence-electron chi connectivity index (χ1n) is 15.1. The second kappa shape index (κ2) is 11.8. The summed E-state index contributed by atoms with van der Waals surface area (Å²) >= 11 is 0.